The second-order valence-electron chi connectivity index (χ2n) is 4.97. The summed E-state index contributed by atoms with van der Waals surface area (Å²) in [6.45, 7) is 1.74. The lowest BCUT2D eigenvalue weighted by Crippen LogP contribution is -2.37. The molecule has 1 aromatic carbocycles. The third-order valence-electron chi connectivity index (χ3n) is 3.78. The first kappa shape index (κ1) is 14.1. The van der Waals surface area contributed by atoms with Crippen LogP contribution in [0.3, 0.4) is 0 Å². The maximum absolute atomic E-state index is 6.15. The lowest BCUT2D eigenvalue weighted by molar-refractivity contribution is 0.410. The zero-order chi connectivity index (χ0) is 13.0. The van der Waals surface area contributed by atoms with Crippen LogP contribution in [-0.2, 0) is 6.42 Å². The number of benzene rings is 1. The molecule has 0 amide bonds. The molecular weight excluding hydrogens is 267 g/mol. The molecule has 0 aromatic heterocycles. The highest BCUT2D eigenvalue weighted by molar-refractivity contribution is 6.35. The molecule has 0 spiro atoms. The number of nitrogens with one attached hydrogen (secondary N) is 1. The van der Waals surface area contributed by atoms with Crippen molar-refractivity contribution >= 4 is 23.2 Å². The maximum atomic E-state index is 6.15. The lowest BCUT2D eigenvalue weighted by Gasteiger charge is -2.19. The van der Waals surface area contributed by atoms with E-state index in [2.05, 4.69) is 5.32 Å². The average molecular weight is 287 g/mol. The zero-order valence-corrected chi connectivity index (χ0v) is 12.0. The van der Waals surface area contributed by atoms with Gasteiger partial charge in [-0.3, -0.25) is 0 Å². The van der Waals surface area contributed by atoms with Crippen LogP contribution < -0.4 is 11.1 Å². The largest absolute Gasteiger partial charge is 0.330 e. The molecule has 0 saturated heterocycles. The first-order valence-corrected chi connectivity index (χ1v) is 7.33. The quantitative estimate of drug-likeness (QED) is 0.872. The summed E-state index contributed by atoms with van der Waals surface area (Å²) in [5, 5.41) is 5.05. The standard InChI is InChI=1S/C14H20Cl2N2/c15-12-5-4-10(13(16)8-12)6-7-18-14-3-1-2-11(14)9-17/h4-5,8,11,14,18H,1-3,6-7,9,17H2. The molecule has 2 rings (SSSR count). The zero-order valence-electron chi connectivity index (χ0n) is 10.5. The van der Waals surface area contributed by atoms with Crippen LogP contribution in [0.4, 0.5) is 0 Å². The van der Waals surface area contributed by atoms with Gasteiger partial charge >= 0.3 is 0 Å². The molecular formula is C14H20Cl2N2. The molecule has 2 nitrogen and oxygen atoms in total. The summed E-state index contributed by atoms with van der Waals surface area (Å²) in [4.78, 5) is 0. The van der Waals surface area contributed by atoms with E-state index >= 15 is 0 Å². The van der Waals surface area contributed by atoms with Gasteiger partial charge < -0.3 is 11.1 Å². The number of rotatable bonds is 5. The highest BCUT2D eigenvalue weighted by atomic mass is 35.5. The van der Waals surface area contributed by atoms with Crippen LogP contribution in [0.15, 0.2) is 18.2 Å². The second kappa shape index (κ2) is 6.76. The van der Waals surface area contributed by atoms with Crippen molar-refractivity contribution in [3.05, 3.63) is 33.8 Å². The van der Waals surface area contributed by atoms with E-state index in [-0.39, 0.29) is 0 Å². The summed E-state index contributed by atoms with van der Waals surface area (Å²) < 4.78 is 0. The summed E-state index contributed by atoms with van der Waals surface area (Å²) in [7, 11) is 0. The number of halogens is 2. The fourth-order valence-electron chi connectivity index (χ4n) is 2.70. The Morgan fingerprint density at radius 1 is 1.28 bits per heavy atom. The van der Waals surface area contributed by atoms with Crippen molar-refractivity contribution in [1.29, 1.82) is 0 Å². The molecule has 0 heterocycles. The Balaban J connectivity index is 1.81. The molecule has 1 saturated carbocycles. The fraction of sp³-hybridized carbons (Fsp3) is 0.571. The molecule has 1 fully saturated rings. The van der Waals surface area contributed by atoms with Crippen LogP contribution in [0, 0.1) is 5.92 Å². The maximum Gasteiger partial charge on any atom is 0.0453 e. The SMILES string of the molecule is NCC1CCCC1NCCc1ccc(Cl)cc1Cl. The smallest absolute Gasteiger partial charge is 0.0453 e. The molecule has 4 heteroatoms. The molecule has 100 valence electrons. The second-order valence-corrected chi connectivity index (χ2v) is 5.82. The van der Waals surface area contributed by atoms with E-state index < -0.39 is 0 Å². The van der Waals surface area contributed by atoms with Crippen molar-refractivity contribution in [1.82, 2.24) is 5.32 Å². The summed E-state index contributed by atoms with van der Waals surface area (Å²) in [6, 6.07) is 6.28. The van der Waals surface area contributed by atoms with Gasteiger partial charge in [0.2, 0.25) is 0 Å². The van der Waals surface area contributed by atoms with Crippen LogP contribution in [-0.4, -0.2) is 19.1 Å². The van der Waals surface area contributed by atoms with Crippen LogP contribution in [0.5, 0.6) is 0 Å². The predicted octanol–water partition coefficient (Wildman–Crippen LogP) is 3.25. The summed E-state index contributed by atoms with van der Waals surface area (Å²) in [6.07, 6.45) is 4.73. The number of hydrogen-bond donors (Lipinski definition) is 2. The van der Waals surface area contributed by atoms with Gasteiger partial charge in [-0.1, -0.05) is 35.7 Å². The minimum atomic E-state index is 0.584. The molecule has 1 aliphatic rings. The van der Waals surface area contributed by atoms with Gasteiger partial charge in [0.1, 0.15) is 0 Å². The van der Waals surface area contributed by atoms with E-state index in [0.717, 1.165) is 30.1 Å². The highest BCUT2D eigenvalue weighted by Gasteiger charge is 2.25. The van der Waals surface area contributed by atoms with E-state index in [1.807, 2.05) is 12.1 Å². The first-order chi connectivity index (χ1) is 8.70. The van der Waals surface area contributed by atoms with Gasteiger partial charge in [-0.25, -0.2) is 0 Å². The fourth-order valence-corrected chi connectivity index (χ4v) is 3.21. The van der Waals surface area contributed by atoms with Crippen molar-refractivity contribution in [3.63, 3.8) is 0 Å². The Morgan fingerprint density at radius 3 is 2.83 bits per heavy atom. The molecule has 1 aromatic rings. The Labute approximate surface area is 119 Å². The van der Waals surface area contributed by atoms with E-state index in [1.54, 1.807) is 6.07 Å². The molecule has 2 atom stereocenters. The van der Waals surface area contributed by atoms with E-state index in [0.29, 0.717) is 17.0 Å². The molecule has 0 radical (unpaired) electrons. The number of hydrogen-bond acceptors (Lipinski definition) is 2. The number of nitrogens with two attached hydrogens (primary N) is 1. The minimum Gasteiger partial charge on any atom is -0.330 e. The summed E-state index contributed by atoms with van der Waals surface area (Å²) >= 11 is 12.0. The van der Waals surface area contributed by atoms with Crippen molar-refractivity contribution < 1.29 is 0 Å². The van der Waals surface area contributed by atoms with Gasteiger partial charge in [0.25, 0.3) is 0 Å². The molecule has 2 unspecified atom stereocenters. The molecule has 0 aliphatic heterocycles. The van der Waals surface area contributed by atoms with Crippen LogP contribution in [0.1, 0.15) is 24.8 Å². The third-order valence-corrected chi connectivity index (χ3v) is 4.36. The van der Waals surface area contributed by atoms with Crippen LogP contribution >= 0.6 is 23.2 Å². The average Bonchev–Trinajstić information content (AvgIpc) is 2.79. The Hall–Kier alpha value is -0.280. The Morgan fingerprint density at radius 2 is 2.11 bits per heavy atom. The lowest BCUT2D eigenvalue weighted by atomic mass is 10.0. The topological polar surface area (TPSA) is 38.0 Å². The normalized spacial score (nSPS) is 23.5. The van der Waals surface area contributed by atoms with E-state index in [9.17, 15) is 0 Å². The van der Waals surface area contributed by atoms with Gasteiger partial charge in [-0.2, -0.15) is 0 Å². The predicted molar refractivity (Wildman–Crippen MR) is 78.4 cm³/mol. The highest BCUT2D eigenvalue weighted by Crippen LogP contribution is 2.25. The van der Waals surface area contributed by atoms with Gasteiger partial charge in [0.15, 0.2) is 0 Å². The summed E-state index contributed by atoms with van der Waals surface area (Å²) in [5.41, 5.74) is 6.92. The van der Waals surface area contributed by atoms with Crippen molar-refractivity contribution in [3.8, 4) is 0 Å². The van der Waals surface area contributed by atoms with Gasteiger partial charge in [0, 0.05) is 16.1 Å². The minimum absolute atomic E-state index is 0.584. The van der Waals surface area contributed by atoms with Crippen molar-refractivity contribution in [2.75, 3.05) is 13.1 Å². The summed E-state index contributed by atoms with van der Waals surface area (Å²) in [5.74, 6) is 0.644. The van der Waals surface area contributed by atoms with Gasteiger partial charge in [-0.15, -0.1) is 0 Å². The Kier molecular flexibility index (Phi) is 5.31. The monoisotopic (exact) mass is 286 g/mol. The van der Waals surface area contributed by atoms with Crippen LogP contribution in [0.2, 0.25) is 10.0 Å². The third kappa shape index (κ3) is 3.61. The van der Waals surface area contributed by atoms with Gasteiger partial charge in [0.05, 0.1) is 0 Å². The van der Waals surface area contributed by atoms with E-state index in [4.69, 9.17) is 28.9 Å². The van der Waals surface area contributed by atoms with Gasteiger partial charge in [-0.05, 0) is 56.0 Å². The molecule has 1 aliphatic carbocycles. The molecule has 0 bridgehead atoms. The molecule has 3 N–H and O–H groups in total. The Bertz CT molecular complexity index is 395. The first-order valence-electron chi connectivity index (χ1n) is 6.58. The molecule has 18 heavy (non-hydrogen) atoms. The van der Waals surface area contributed by atoms with Crippen molar-refractivity contribution in [2.24, 2.45) is 11.7 Å². The van der Waals surface area contributed by atoms with Crippen LogP contribution in [0.25, 0.3) is 0 Å². The van der Waals surface area contributed by atoms with E-state index in [1.165, 1.54) is 19.3 Å². The van der Waals surface area contributed by atoms with Crippen molar-refractivity contribution in [2.45, 2.75) is 31.7 Å².